The summed E-state index contributed by atoms with van der Waals surface area (Å²) >= 11 is 0. The van der Waals surface area contributed by atoms with Gasteiger partial charge >= 0.3 is 6.36 Å². The first kappa shape index (κ1) is 31.8. The molecule has 224 valence electrons. The number of carbonyl (C=O) groups is 2. The monoisotopic (exact) mass is 606 g/mol. The van der Waals surface area contributed by atoms with Gasteiger partial charge in [0.1, 0.15) is 11.5 Å². The molecule has 0 aliphatic carbocycles. The standard InChI is InChI=1S/C26H20F6N8O3/c27-18-9-15(10-19(28)22(18)29)20(33)11-21(24(42)37-16-5-7-17(8-6-16)43-26(30,31)32)36-12-13-1-3-14(4-2-13)23(41)38-25(34)39-40-35/h1-11H,12,33H2,(H,37,42)(H4,34,35,38,39,41). The maximum absolute atomic E-state index is 13.7. The van der Waals surface area contributed by atoms with Gasteiger partial charge in [-0.05, 0) is 60.2 Å². The summed E-state index contributed by atoms with van der Waals surface area (Å²) in [5, 5.41) is 17.9. The van der Waals surface area contributed by atoms with Gasteiger partial charge in [-0.3, -0.25) is 25.3 Å². The maximum atomic E-state index is 13.7. The van der Waals surface area contributed by atoms with Gasteiger partial charge in [-0.25, -0.2) is 13.2 Å². The van der Waals surface area contributed by atoms with Gasteiger partial charge in [0, 0.05) is 22.5 Å². The molecule has 3 rings (SSSR count). The number of rotatable bonds is 8. The Labute approximate surface area is 238 Å². The van der Waals surface area contributed by atoms with Crippen LogP contribution in [0.2, 0.25) is 0 Å². The van der Waals surface area contributed by atoms with Crippen LogP contribution in [-0.4, -0.2) is 29.8 Å². The summed E-state index contributed by atoms with van der Waals surface area (Å²) in [5.74, 6) is -2.70. The van der Waals surface area contributed by atoms with E-state index < -0.39 is 47.3 Å². The lowest BCUT2D eigenvalue weighted by Crippen LogP contribution is -2.28. The lowest BCUT2D eigenvalue weighted by Gasteiger charge is -2.11. The van der Waals surface area contributed by atoms with Crippen LogP contribution in [0.5, 0.6) is 5.75 Å². The molecule has 0 saturated carbocycles. The van der Waals surface area contributed by atoms with E-state index in [0.29, 0.717) is 17.7 Å². The second kappa shape index (κ2) is 13.7. The number of alkyl halides is 3. The van der Waals surface area contributed by atoms with E-state index >= 15 is 0 Å². The number of aliphatic imine (C=N–C) groups is 1. The number of hydrogen-bond donors (Lipinski definition) is 5. The summed E-state index contributed by atoms with van der Waals surface area (Å²) in [4.78, 5) is 29.4. The molecule has 3 aromatic carbocycles. The first-order valence-electron chi connectivity index (χ1n) is 11.7. The van der Waals surface area contributed by atoms with E-state index in [9.17, 15) is 35.9 Å². The average Bonchev–Trinajstić information content (AvgIpc) is 2.94. The zero-order chi connectivity index (χ0) is 31.7. The zero-order valence-electron chi connectivity index (χ0n) is 21.5. The molecule has 2 amide bonds. The van der Waals surface area contributed by atoms with E-state index in [4.69, 9.17) is 17.0 Å². The Morgan fingerprint density at radius 2 is 1.56 bits per heavy atom. The third kappa shape index (κ3) is 9.41. The molecule has 0 heterocycles. The highest BCUT2D eigenvalue weighted by molar-refractivity contribution is 6.48. The van der Waals surface area contributed by atoms with Crippen molar-refractivity contribution >= 4 is 34.9 Å². The van der Waals surface area contributed by atoms with Gasteiger partial charge in [0.25, 0.3) is 11.8 Å². The Balaban J connectivity index is 1.87. The van der Waals surface area contributed by atoms with Crippen molar-refractivity contribution in [1.82, 2.24) is 5.32 Å². The quantitative estimate of drug-likeness (QED) is 0.0478. The number of guanidine groups is 1. The summed E-state index contributed by atoms with van der Waals surface area (Å²) < 4.78 is 81.9. The first-order chi connectivity index (χ1) is 20.3. The largest absolute Gasteiger partial charge is 0.573 e. The molecule has 0 saturated heterocycles. The predicted molar refractivity (Wildman–Crippen MR) is 142 cm³/mol. The smallest absolute Gasteiger partial charge is 0.406 e. The Morgan fingerprint density at radius 1 is 0.953 bits per heavy atom. The fraction of sp³-hybridized carbons (Fsp3) is 0.0769. The Hall–Kier alpha value is -5.74. The van der Waals surface area contributed by atoms with Crippen molar-refractivity contribution < 1.29 is 40.7 Å². The molecule has 0 aliphatic heterocycles. The second-order valence-corrected chi connectivity index (χ2v) is 8.30. The molecule has 17 heteroatoms. The summed E-state index contributed by atoms with van der Waals surface area (Å²) in [5.41, 5.74) is 5.49. The summed E-state index contributed by atoms with van der Waals surface area (Å²) in [7, 11) is 0. The van der Waals surface area contributed by atoms with Crippen molar-refractivity contribution in [2.75, 3.05) is 5.32 Å². The summed E-state index contributed by atoms with van der Waals surface area (Å²) in [6.45, 7) is -0.184. The van der Waals surface area contributed by atoms with Crippen LogP contribution < -0.4 is 26.9 Å². The molecule has 0 bridgehead atoms. The third-order valence-corrected chi connectivity index (χ3v) is 5.23. The number of anilines is 1. The van der Waals surface area contributed by atoms with E-state index in [0.717, 1.165) is 30.3 Å². The number of amides is 2. The highest BCUT2D eigenvalue weighted by Crippen LogP contribution is 2.24. The highest BCUT2D eigenvalue weighted by Gasteiger charge is 2.31. The SMILES string of the molecule is N=C(N=NN)NC(=O)c1ccc(CN=C(C=C(N)c2cc(F)c(F)c(F)c2)C(=O)Nc2ccc(OC(F)(F)F)cc2)cc1. The van der Waals surface area contributed by atoms with Gasteiger partial charge in [0.05, 0.1) is 6.54 Å². The molecule has 11 nitrogen and oxygen atoms in total. The molecule has 0 atom stereocenters. The lowest BCUT2D eigenvalue weighted by atomic mass is 10.1. The molecule has 0 radical (unpaired) electrons. The van der Waals surface area contributed by atoms with E-state index in [1.807, 2.05) is 0 Å². The summed E-state index contributed by atoms with van der Waals surface area (Å²) in [6.07, 6.45) is -3.96. The molecule has 0 aliphatic rings. The first-order valence-corrected chi connectivity index (χ1v) is 11.7. The van der Waals surface area contributed by atoms with Gasteiger partial charge in [0.2, 0.25) is 5.96 Å². The van der Waals surface area contributed by atoms with E-state index in [-0.39, 0.29) is 34.8 Å². The number of nitrogens with one attached hydrogen (secondary N) is 3. The molecule has 0 unspecified atom stereocenters. The number of nitrogens with two attached hydrogens (primary N) is 2. The van der Waals surface area contributed by atoms with Gasteiger partial charge in [0.15, 0.2) is 17.5 Å². The van der Waals surface area contributed by atoms with Gasteiger partial charge in [-0.1, -0.05) is 22.5 Å². The predicted octanol–water partition coefficient (Wildman–Crippen LogP) is 4.57. The molecular formula is C26H20F6N8O3. The molecule has 3 aromatic rings. The van der Waals surface area contributed by atoms with Crippen molar-refractivity contribution in [3.63, 3.8) is 0 Å². The number of halogens is 6. The molecule has 0 fully saturated rings. The molecular weight excluding hydrogens is 586 g/mol. The van der Waals surface area contributed by atoms with Crippen molar-refractivity contribution in [2.45, 2.75) is 12.9 Å². The van der Waals surface area contributed by atoms with Crippen LogP contribution in [0.1, 0.15) is 21.5 Å². The van der Waals surface area contributed by atoms with Gasteiger partial charge in [-0.15, -0.1) is 13.2 Å². The van der Waals surface area contributed by atoms with Crippen LogP contribution >= 0.6 is 0 Å². The fourth-order valence-corrected chi connectivity index (χ4v) is 3.27. The third-order valence-electron chi connectivity index (χ3n) is 5.23. The molecule has 0 aromatic heterocycles. The summed E-state index contributed by atoms with van der Waals surface area (Å²) in [6, 6.07) is 11.1. The van der Waals surface area contributed by atoms with Gasteiger partial charge < -0.3 is 21.6 Å². The van der Waals surface area contributed by atoms with Crippen molar-refractivity contribution in [2.24, 2.45) is 26.9 Å². The number of nitrogens with zero attached hydrogens (tertiary/aromatic N) is 3. The van der Waals surface area contributed by atoms with Crippen LogP contribution in [0.25, 0.3) is 5.70 Å². The lowest BCUT2D eigenvalue weighted by molar-refractivity contribution is -0.274. The fourth-order valence-electron chi connectivity index (χ4n) is 3.27. The van der Waals surface area contributed by atoms with Crippen LogP contribution in [0.15, 0.2) is 82.1 Å². The Bertz CT molecular complexity index is 1580. The normalized spacial score (nSPS) is 12.2. The van der Waals surface area contributed by atoms with Crippen LogP contribution in [-0.2, 0) is 11.3 Å². The second-order valence-electron chi connectivity index (χ2n) is 8.30. The molecule has 7 N–H and O–H groups in total. The van der Waals surface area contributed by atoms with Crippen LogP contribution in [0.4, 0.5) is 32.0 Å². The van der Waals surface area contributed by atoms with Crippen LogP contribution in [0, 0.1) is 22.9 Å². The number of carbonyl (C=O) groups excluding carboxylic acids is 2. The number of ether oxygens (including phenoxy) is 1. The van der Waals surface area contributed by atoms with E-state index in [2.05, 4.69) is 30.7 Å². The minimum Gasteiger partial charge on any atom is -0.406 e. The maximum Gasteiger partial charge on any atom is 0.573 e. The Kier molecular flexibility index (Phi) is 10.2. The van der Waals surface area contributed by atoms with Gasteiger partial charge in [-0.2, -0.15) is 0 Å². The zero-order valence-corrected chi connectivity index (χ0v) is 21.5. The number of hydrogen-bond acceptors (Lipinski definition) is 7. The van der Waals surface area contributed by atoms with Crippen molar-refractivity contribution in [1.29, 1.82) is 5.41 Å². The van der Waals surface area contributed by atoms with Crippen molar-refractivity contribution in [3.8, 4) is 5.75 Å². The molecule has 43 heavy (non-hydrogen) atoms. The Morgan fingerprint density at radius 3 is 2.12 bits per heavy atom. The number of benzene rings is 3. The average molecular weight is 606 g/mol. The minimum absolute atomic E-state index is 0.0353. The topological polar surface area (TPSA) is 180 Å². The highest BCUT2D eigenvalue weighted by atomic mass is 19.4. The van der Waals surface area contributed by atoms with E-state index in [1.54, 1.807) is 0 Å². The van der Waals surface area contributed by atoms with Crippen molar-refractivity contribution in [3.05, 3.63) is 101 Å². The minimum atomic E-state index is -4.92. The molecule has 0 spiro atoms. The van der Waals surface area contributed by atoms with Crippen LogP contribution in [0.3, 0.4) is 0 Å². The van der Waals surface area contributed by atoms with E-state index in [1.165, 1.54) is 24.3 Å².